The molecule has 0 aliphatic rings. The number of benzene rings is 2. The predicted octanol–water partition coefficient (Wildman–Crippen LogP) is 2.40. The smallest absolute Gasteiger partial charge is 0.0894 e. The Labute approximate surface area is 99.5 Å². The largest absolute Gasteiger partial charge is 0.245 e. The Hall–Kier alpha value is -1.36. The van der Waals surface area contributed by atoms with Crippen molar-refractivity contribution < 1.29 is 0 Å². The van der Waals surface area contributed by atoms with Crippen LogP contribution in [0.4, 0.5) is 0 Å². The summed E-state index contributed by atoms with van der Waals surface area (Å²) in [7, 11) is 0. The van der Waals surface area contributed by atoms with E-state index in [1.54, 1.807) is 0 Å². The van der Waals surface area contributed by atoms with Crippen LogP contribution >= 0.6 is 0 Å². The number of aromatic nitrogens is 2. The first-order valence-corrected chi connectivity index (χ1v) is 4.55. The van der Waals surface area contributed by atoms with Crippen LogP contribution in [0.25, 0.3) is 22.1 Å². The molecule has 67 valence electrons. The van der Waals surface area contributed by atoms with Crippen LogP contribution in [-0.2, 0) is 0 Å². The summed E-state index contributed by atoms with van der Waals surface area (Å²) in [4.78, 5) is 9.03. The van der Waals surface area contributed by atoms with Crippen molar-refractivity contribution >= 4 is 40.9 Å². The zero-order valence-electron chi connectivity index (χ0n) is 8.51. The van der Waals surface area contributed by atoms with E-state index in [2.05, 4.69) is 9.97 Å². The van der Waals surface area contributed by atoms with Gasteiger partial charge in [-0.2, -0.15) is 0 Å². The van der Waals surface area contributed by atoms with Crippen LogP contribution in [0.3, 0.4) is 0 Å². The molecule has 1 aromatic heterocycles. The van der Waals surface area contributed by atoms with Crippen molar-refractivity contribution in [2.24, 2.45) is 0 Å². The first-order valence-electron chi connectivity index (χ1n) is 4.55. The quantitative estimate of drug-likeness (QED) is 0.399. The number of rotatable bonds is 0. The van der Waals surface area contributed by atoms with Crippen molar-refractivity contribution in [3.63, 3.8) is 0 Å². The molecule has 3 rings (SSSR count). The second kappa shape index (κ2) is 4.02. The normalized spacial score (nSPS) is 10.1. The molecule has 3 aromatic rings. The molecule has 0 atom stereocenters. The average molecular weight is 187 g/mol. The van der Waals surface area contributed by atoms with E-state index in [1.807, 2.05) is 48.5 Å². The van der Waals surface area contributed by atoms with Gasteiger partial charge in [0, 0.05) is 18.9 Å². The Balaban J connectivity index is 0.000000853. The van der Waals surface area contributed by atoms with Crippen LogP contribution in [-0.4, -0.2) is 28.8 Å². The van der Waals surface area contributed by atoms with Crippen LogP contribution < -0.4 is 0 Å². The van der Waals surface area contributed by atoms with Gasteiger partial charge >= 0.3 is 0 Å². The first kappa shape index (κ1) is 10.2. The van der Waals surface area contributed by atoms with Crippen LogP contribution in [0.15, 0.2) is 48.5 Å². The van der Waals surface area contributed by atoms with Crippen molar-refractivity contribution in [3.8, 4) is 0 Å². The SMILES string of the molecule is [Li].c1ccc2nc3ccccc3nc2c1. The maximum atomic E-state index is 4.52. The Kier molecular flexibility index (Phi) is 2.72. The second-order valence-corrected chi connectivity index (χ2v) is 3.20. The van der Waals surface area contributed by atoms with Gasteiger partial charge in [-0.25, -0.2) is 9.97 Å². The molecular formula is C12H8LiN2. The number of hydrogen-bond acceptors (Lipinski definition) is 2. The maximum Gasteiger partial charge on any atom is 0.0894 e. The van der Waals surface area contributed by atoms with E-state index in [4.69, 9.17) is 0 Å². The standard InChI is InChI=1S/C12H8N2.Li/c1-2-6-10-9(5-1)13-11-7-3-4-8-12(11)14-10;/h1-8H;. The molecule has 3 heteroatoms. The van der Waals surface area contributed by atoms with Crippen LogP contribution in [0.1, 0.15) is 0 Å². The summed E-state index contributed by atoms with van der Waals surface area (Å²) in [6, 6.07) is 15.8. The van der Waals surface area contributed by atoms with Gasteiger partial charge in [-0.3, -0.25) is 0 Å². The fraction of sp³-hybridized carbons (Fsp3) is 0. The van der Waals surface area contributed by atoms with E-state index < -0.39 is 0 Å². The molecule has 15 heavy (non-hydrogen) atoms. The molecule has 1 radical (unpaired) electrons. The van der Waals surface area contributed by atoms with Gasteiger partial charge in [-0.05, 0) is 24.3 Å². The minimum absolute atomic E-state index is 0. The Bertz CT molecular complexity index is 502. The van der Waals surface area contributed by atoms with Crippen LogP contribution in [0.2, 0.25) is 0 Å². The summed E-state index contributed by atoms with van der Waals surface area (Å²) in [6.45, 7) is 0. The number of hydrogen-bond donors (Lipinski definition) is 0. The molecule has 0 saturated carbocycles. The molecule has 1 heterocycles. The van der Waals surface area contributed by atoms with E-state index in [0.29, 0.717) is 0 Å². The molecule has 0 fully saturated rings. The molecule has 0 aliphatic heterocycles. The summed E-state index contributed by atoms with van der Waals surface area (Å²) < 4.78 is 0. The number of nitrogens with zero attached hydrogens (tertiary/aromatic N) is 2. The zero-order valence-corrected chi connectivity index (χ0v) is 8.51. The molecule has 0 bridgehead atoms. The van der Waals surface area contributed by atoms with Crippen molar-refractivity contribution in [1.82, 2.24) is 9.97 Å². The van der Waals surface area contributed by atoms with Crippen molar-refractivity contribution in [1.29, 1.82) is 0 Å². The van der Waals surface area contributed by atoms with Gasteiger partial charge < -0.3 is 0 Å². The zero-order chi connectivity index (χ0) is 9.38. The van der Waals surface area contributed by atoms with E-state index in [0.717, 1.165) is 22.1 Å². The van der Waals surface area contributed by atoms with Gasteiger partial charge in [-0.1, -0.05) is 24.3 Å². The maximum absolute atomic E-state index is 4.52. The molecule has 2 nitrogen and oxygen atoms in total. The van der Waals surface area contributed by atoms with Gasteiger partial charge in [-0.15, -0.1) is 0 Å². The predicted molar refractivity (Wildman–Crippen MR) is 62.8 cm³/mol. The summed E-state index contributed by atoms with van der Waals surface area (Å²) >= 11 is 0. The fourth-order valence-electron chi connectivity index (χ4n) is 1.57. The van der Waals surface area contributed by atoms with Gasteiger partial charge in [0.2, 0.25) is 0 Å². The molecular weight excluding hydrogens is 179 g/mol. The Morgan fingerprint density at radius 1 is 0.533 bits per heavy atom. The van der Waals surface area contributed by atoms with E-state index >= 15 is 0 Å². The van der Waals surface area contributed by atoms with Crippen molar-refractivity contribution in [3.05, 3.63) is 48.5 Å². The monoisotopic (exact) mass is 187 g/mol. The molecule has 0 aliphatic carbocycles. The number of fused-ring (bicyclic) bond motifs is 2. The van der Waals surface area contributed by atoms with E-state index in [-0.39, 0.29) is 18.9 Å². The second-order valence-electron chi connectivity index (χ2n) is 3.20. The third-order valence-corrected chi connectivity index (χ3v) is 2.25. The fourth-order valence-corrected chi connectivity index (χ4v) is 1.57. The summed E-state index contributed by atoms with van der Waals surface area (Å²) in [6.07, 6.45) is 0. The van der Waals surface area contributed by atoms with Gasteiger partial charge in [0.15, 0.2) is 0 Å². The van der Waals surface area contributed by atoms with E-state index in [9.17, 15) is 0 Å². The van der Waals surface area contributed by atoms with Gasteiger partial charge in [0.05, 0.1) is 22.1 Å². The molecule has 0 amide bonds. The molecule has 0 saturated heterocycles. The van der Waals surface area contributed by atoms with Crippen LogP contribution in [0, 0.1) is 0 Å². The number of para-hydroxylation sites is 4. The molecule has 0 unspecified atom stereocenters. The first-order chi connectivity index (χ1) is 6.93. The third kappa shape index (κ3) is 1.74. The van der Waals surface area contributed by atoms with Gasteiger partial charge in [0.25, 0.3) is 0 Å². The minimum Gasteiger partial charge on any atom is -0.245 e. The Morgan fingerprint density at radius 3 is 1.07 bits per heavy atom. The van der Waals surface area contributed by atoms with Crippen LogP contribution in [0.5, 0.6) is 0 Å². The average Bonchev–Trinajstić information content (AvgIpc) is 2.26. The molecule has 0 spiro atoms. The van der Waals surface area contributed by atoms with Crippen molar-refractivity contribution in [2.45, 2.75) is 0 Å². The molecule has 2 aromatic carbocycles. The topological polar surface area (TPSA) is 25.8 Å². The minimum atomic E-state index is 0. The summed E-state index contributed by atoms with van der Waals surface area (Å²) in [5.41, 5.74) is 3.80. The third-order valence-electron chi connectivity index (χ3n) is 2.25. The summed E-state index contributed by atoms with van der Waals surface area (Å²) in [5, 5.41) is 0. The van der Waals surface area contributed by atoms with E-state index in [1.165, 1.54) is 0 Å². The van der Waals surface area contributed by atoms with Crippen molar-refractivity contribution in [2.75, 3.05) is 0 Å². The molecule has 0 N–H and O–H groups in total. The summed E-state index contributed by atoms with van der Waals surface area (Å²) in [5.74, 6) is 0. The van der Waals surface area contributed by atoms with Gasteiger partial charge in [0.1, 0.15) is 0 Å². The Morgan fingerprint density at radius 2 is 0.800 bits per heavy atom.